The molecule has 0 amide bonds. The molecule has 0 spiro atoms. The molecule has 1 N–H and O–H groups in total. The lowest BCUT2D eigenvalue weighted by molar-refractivity contribution is -0.141. The van der Waals surface area contributed by atoms with Crippen molar-refractivity contribution in [2.24, 2.45) is 0 Å². The van der Waals surface area contributed by atoms with Gasteiger partial charge >= 0.3 is 6.18 Å². The highest BCUT2D eigenvalue weighted by Gasteiger charge is 2.35. The van der Waals surface area contributed by atoms with Crippen LogP contribution in [0.25, 0.3) is 16.8 Å². The quantitative estimate of drug-likeness (QED) is 0.707. The molecular formula is C14H7ClF4N4O. The van der Waals surface area contributed by atoms with Crippen molar-refractivity contribution in [1.82, 2.24) is 20.0 Å². The van der Waals surface area contributed by atoms with E-state index >= 15 is 0 Å². The van der Waals surface area contributed by atoms with Gasteiger partial charge in [0.25, 0.3) is 0 Å². The number of alkyl halides is 3. The van der Waals surface area contributed by atoms with Gasteiger partial charge in [0.1, 0.15) is 0 Å². The number of halogens is 5. The van der Waals surface area contributed by atoms with Gasteiger partial charge in [-0.2, -0.15) is 13.2 Å². The topological polar surface area (TPSA) is 63.8 Å². The van der Waals surface area contributed by atoms with Crippen LogP contribution in [0.1, 0.15) is 5.69 Å². The zero-order chi connectivity index (χ0) is 17.5. The number of pyridine rings is 1. The summed E-state index contributed by atoms with van der Waals surface area (Å²) in [4.78, 5) is 3.57. The average Bonchev–Trinajstić information content (AvgIpc) is 2.99. The molecule has 0 aliphatic carbocycles. The van der Waals surface area contributed by atoms with Crippen molar-refractivity contribution in [2.75, 3.05) is 0 Å². The molecule has 0 aliphatic rings. The van der Waals surface area contributed by atoms with Crippen LogP contribution < -0.4 is 0 Å². The summed E-state index contributed by atoms with van der Waals surface area (Å²) >= 11 is 5.76. The lowest BCUT2D eigenvalue weighted by Crippen LogP contribution is -2.05. The molecule has 24 heavy (non-hydrogen) atoms. The van der Waals surface area contributed by atoms with E-state index in [0.29, 0.717) is 6.20 Å². The lowest BCUT2D eigenvalue weighted by atomic mass is 10.0. The van der Waals surface area contributed by atoms with Crippen molar-refractivity contribution in [2.45, 2.75) is 6.18 Å². The first kappa shape index (κ1) is 16.2. The number of hydrogen-bond acceptors (Lipinski definition) is 4. The molecule has 1 aromatic carbocycles. The summed E-state index contributed by atoms with van der Waals surface area (Å²) in [5.74, 6) is -1.25. The average molecular weight is 359 g/mol. The summed E-state index contributed by atoms with van der Waals surface area (Å²) < 4.78 is 53.3. The number of nitrogens with zero attached hydrogens (tertiary/aromatic N) is 4. The minimum Gasteiger partial charge on any atom is -0.493 e. The highest BCUT2D eigenvalue weighted by atomic mass is 35.5. The van der Waals surface area contributed by atoms with Crippen molar-refractivity contribution in [3.8, 4) is 22.7 Å². The minimum atomic E-state index is -4.68. The van der Waals surface area contributed by atoms with Crippen LogP contribution in [0, 0.1) is 5.82 Å². The molecule has 124 valence electrons. The fourth-order valence-corrected chi connectivity index (χ4v) is 2.25. The molecule has 0 saturated carbocycles. The van der Waals surface area contributed by atoms with Gasteiger partial charge in [0.05, 0.1) is 16.9 Å². The predicted octanol–water partition coefficient (Wildman–Crippen LogP) is 3.85. The summed E-state index contributed by atoms with van der Waals surface area (Å²) in [7, 11) is 0. The molecule has 2 aromatic heterocycles. The third kappa shape index (κ3) is 2.90. The van der Waals surface area contributed by atoms with Gasteiger partial charge < -0.3 is 5.11 Å². The van der Waals surface area contributed by atoms with Crippen molar-refractivity contribution < 1.29 is 22.7 Å². The third-order valence-electron chi connectivity index (χ3n) is 3.14. The summed E-state index contributed by atoms with van der Waals surface area (Å²) in [6.45, 7) is 0. The van der Waals surface area contributed by atoms with Gasteiger partial charge in [-0.15, -0.1) is 5.10 Å². The van der Waals surface area contributed by atoms with E-state index in [9.17, 15) is 22.7 Å². The fourth-order valence-electron chi connectivity index (χ4n) is 2.09. The van der Waals surface area contributed by atoms with Crippen LogP contribution >= 0.6 is 11.6 Å². The van der Waals surface area contributed by atoms with Gasteiger partial charge in [-0.3, -0.25) is 0 Å². The summed E-state index contributed by atoms with van der Waals surface area (Å²) in [6.07, 6.45) is -2.83. The Morgan fingerprint density at radius 1 is 1.17 bits per heavy atom. The standard InChI is InChI=1S/C14H7ClF4N4O/c15-8-1-2-9(23-6-10(21-22-23)14(17,18)19)12(13(8)16)7-3-4-20-11(24)5-7/h1-6H,(H,20,24). The second-order valence-electron chi connectivity index (χ2n) is 4.70. The van der Waals surface area contributed by atoms with Crippen LogP contribution in [-0.4, -0.2) is 25.1 Å². The normalized spacial score (nSPS) is 11.7. The highest BCUT2D eigenvalue weighted by Crippen LogP contribution is 2.35. The Hall–Kier alpha value is -2.68. The highest BCUT2D eigenvalue weighted by molar-refractivity contribution is 6.31. The van der Waals surface area contributed by atoms with Gasteiger partial charge in [-0.1, -0.05) is 16.8 Å². The van der Waals surface area contributed by atoms with Crippen molar-refractivity contribution >= 4 is 11.6 Å². The van der Waals surface area contributed by atoms with Crippen LogP contribution in [0.5, 0.6) is 5.88 Å². The Morgan fingerprint density at radius 3 is 2.54 bits per heavy atom. The monoisotopic (exact) mass is 358 g/mol. The first-order valence-corrected chi connectivity index (χ1v) is 6.78. The smallest absolute Gasteiger partial charge is 0.436 e. The number of rotatable bonds is 2. The van der Waals surface area contributed by atoms with Crippen LogP contribution in [0.3, 0.4) is 0 Å². The Labute approximate surface area is 137 Å². The van der Waals surface area contributed by atoms with Gasteiger partial charge in [0, 0.05) is 17.8 Å². The van der Waals surface area contributed by atoms with Gasteiger partial charge in [0.2, 0.25) is 5.88 Å². The van der Waals surface area contributed by atoms with E-state index in [-0.39, 0.29) is 27.7 Å². The van der Waals surface area contributed by atoms with Gasteiger partial charge in [-0.25, -0.2) is 14.1 Å². The molecule has 5 nitrogen and oxygen atoms in total. The molecule has 0 unspecified atom stereocenters. The second kappa shape index (κ2) is 5.75. The lowest BCUT2D eigenvalue weighted by Gasteiger charge is -2.11. The number of benzene rings is 1. The van der Waals surface area contributed by atoms with E-state index < -0.39 is 17.7 Å². The molecule has 0 atom stereocenters. The van der Waals surface area contributed by atoms with Crippen molar-refractivity contribution in [3.05, 3.63) is 53.2 Å². The summed E-state index contributed by atoms with van der Waals surface area (Å²) in [6, 6.07) is 5.01. The van der Waals surface area contributed by atoms with Crippen molar-refractivity contribution in [1.29, 1.82) is 0 Å². The SMILES string of the molecule is Oc1cc(-c2c(-n3cc(C(F)(F)F)nn3)ccc(Cl)c2F)ccn1. The zero-order valence-electron chi connectivity index (χ0n) is 11.6. The molecule has 10 heteroatoms. The zero-order valence-corrected chi connectivity index (χ0v) is 12.3. The van der Waals surface area contributed by atoms with E-state index in [2.05, 4.69) is 15.3 Å². The summed E-state index contributed by atoms with van der Waals surface area (Å²) in [5, 5.41) is 15.7. The largest absolute Gasteiger partial charge is 0.493 e. The first-order valence-electron chi connectivity index (χ1n) is 6.40. The molecule has 3 aromatic rings. The fraction of sp³-hybridized carbons (Fsp3) is 0.0714. The van der Waals surface area contributed by atoms with Gasteiger partial charge in [0.15, 0.2) is 11.5 Å². The van der Waals surface area contributed by atoms with Gasteiger partial charge in [-0.05, 0) is 23.8 Å². The number of aromatic nitrogens is 4. The molecule has 0 radical (unpaired) electrons. The van der Waals surface area contributed by atoms with Crippen molar-refractivity contribution in [3.63, 3.8) is 0 Å². The number of hydrogen-bond donors (Lipinski definition) is 1. The predicted molar refractivity (Wildman–Crippen MR) is 76.2 cm³/mol. The van der Waals surface area contributed by atoms with E-state index in [4.69, 9.17) is 11.6 Å². The molecule has 0 saturated heterocycles. The van der Waals surface area contributed by atoms with E-state index in [1.807, 2.05) is 0 Å². The van der Waals surface area contributed by atoms with E-state index in [0.717, 1.165) is 10.7 Å². The summed E-state index contributed by atoms with van der Waals surface area (Å²) in [5.41, 5.74) is -1.22. The van der Waals surface area contributed by atoms with Crippen LogP contribution in [0.4, 0.5) is 17.6 Å². The Morgan fingerprint density at radius 2 is 1.92 bits per heavy atom. The molecule has 0 fully saturated rings. The number of aromatic hydroxyl groups is 1. The Bertz CT molecular complexity index is 910. The Kier molecular flexibility index (Phi) is 3.88. The van der Waals surface area contributed by atoms with Crippen LogP contribution in [0.15, 0.2) is 36.7 Å². The maximum atomic E-state index is 14.5. The molecular weight excluding hydrogens is 352 g/mol. The molecule has 2 heterocycles. The maximum Gasteiger partial charge on any atom is 0.436 e. The molecule has 3 rings (SSSR count). The first-order chi connectivity index (χ1) is 11.3. The maximum absolute atomic E-state index is 14.5. The van der Waals surface area contributed by atoms with Crippen LogP contribution in [0.2, 0.25) is 5.02 Å². The minimum absolute atomic E-state index is 0.0227. The van der Waals surface area contributed by atoms with Crippen LogP contribution in [-0.2, 0) is 6.18 Å². The van der Waals surface area contributed by atoms with E-state index in [1.54, 1.807) is 0 Å². The second-order valence-corrected chi connectivity index (χ2v) is 5.11. The third-order valence-corrected chi connectivity index (χ3v) is 3.43. The molecule has 0 bridgehead atoms. The Balaban J connectivity index is 2.22. The van der Waals surface area contributed by atoms with E-state index in [1.165, 1.54) is 24.4 Å². The molecule has 0 aliphatic heterocycles.